The molecule has 282 valence electrons. The van der Waals surface area contributed by atoms with Crippen LogP contribution in [0.4, 0.5) is 17.1 Å². The number of hydrogen-bond donors (Lipinski definition) is 0. The van der Waals surface area contributed by atoms with E-state index in [0.29, 0.717) is 6.42 Å². The van der Waals surface area contributed by atoms with Gasteiger partial charge in [-0.2, -0.15) is 0 Å². The minimum atomic E-state index is 0.0370. The first-order valence-electron chi connectivity index (χ1n) is 19.7. The molecule has 0 bridgehead atoms. The third-order valence-corrected chi connectivity index (χ3v) is 10.9. The molecule has 56 heavy (non-hydrogen) atoms. The quantitative estimate of drug-likeness (QED) is 0.156. The Kier molecular flexibility index (Phi) is 11.2. The van der Waals surface area contributed by atoms with Crippen LogP contribution in [0.5, 0.6) is 0 Å². The predicted molar refractivity (Wildman–Crippen MR) is 242 cm³/mol. The molecule has 5 aromatic rings. The monoisotopic (exact) mass is 752 g/mol. The minimum absolute atomic E-state index is 0.0370. The van der Waals surface area contributed by atoms with Crippen LogP contribution in [-0.2, 0) is 5.41 Å². The number of anilines is 3. The van der Waals surface area contributed by atoms with Crippen molar-refractivity contribution in [2.24, 2.45) is 5.41 Å². The number of hydrogen-bond acceptors (Lipinski definition) is 2. The molecule has 0 atom stereocenters. The van der Waals surface area contributed by atoms with Gasteiger partial charge in [-0.3, -0.25) is 0 Å². The highest BCUT2D eigenvalue weighted by atomic mass is 35.5. The van der Waals surface area contributed by atoms with Crippen molar-refractivity contribution >= 4 is 28.7 Å². The maximum Gasteiger partial charge on any atom is 0.0610 e. The van der Waals surface area contributed by atoms with Gasteiger partial charge in [0, 0.05) is 46.3 Å². The summed E-state index contributed by atoms with van der Waals surface area (Å²) in [7, 11) is 0. The van der Waals surface area contributed by atoms with Crippen LogP contribution in [0.1, 0.15) is 66.9 Å². The second-order valence-corrected chi connectivity index (χ2v) is 17.4. The first-order valence-corrected chi connectivity index (χ1v) is 20.1. The molecule has 0 N–H and O–H groups in total. The molecule has 0 saturated heterocycles. The Balaban J connectivity index is 1.37. The van der Waals surface area contributed by atoms with E-state index in [1.807, 2.05) is 0 Å². The van der Waals surface area contributed by atoms with Crippen LogP contribution in [0.3, 0.4) is 0 Å². The number of halogens is 1. The predicted octanol–water partition coefficient (Wildman–Crippen LogP) is 15.5. The van der Waals surface area contributed by atoms with Crippen molar-refractivity contribution in [1.82, 2.24) is 0 Å². The van der Waals surface area contributed by atoms with Crippen LogP contribution in [0, 0.1) is 5.41 Å². The molecule has 0 saturated carbocycles. The van der Waals surface area contributed by atoms with Crippen molar-refractivity contribution in [3.63, 3.8) is 0 Å². The summed E-state index contributed by atoms with van der Waals surface area (Å²) in [5.41, 5.74) is 15.0. The van der Waals surface area contributed by atoms with E-state index in [1.54, 1.807) is 0 Å². The molecule has 0 amide bonds. The number of nitrogens with zero attached hydrogens (tertiary/aromatic N) is 2. The van der Waals surface area contributed by atoms with E-state index in [9.17, 15) is 0 Å². The lowest BCUT2D eigenvalue weighted by Crippen LogP contribution is -2.23. The molecular formula is C53H53ClN2. The van der Waals surface area contributed by atoms with E-state index >= 15 is 0 Å². The normalized spacial score (nSPS) is 14.9. The Labute approximate surface area is 340 Å². The fraction of sp³-hybridized carbons (Fsp3) is 0.208. The number of benzene rings is 5. The van der Waals surface area contributed by atoms with E-state index < -0.39 is 0 Å². The largest absolute Gasteiger partial charge is 0.314 e. The Morgan fingerprint density at radius 2 is 1.07 bits per heavy atom. The standard InChI is InChI=1S/C53H53ClN2/c1-38-33-49(55(47-25-14-21-41(35-47)39-17-10-8-11-18-39)48-26-15-22-42(36-48)40-19-12-9-13-20-40)37-50(54)51(34-38)56(46-31-28-44(29-32-46)53(5,6)7)45-24-16-23-43(27-30-45)52(2,3)4/h8-23,25-36H,24,37H2,1-7H3. The lowest BCUT2D eigenvalue weighted by molar-refractivity contribution is 0.517. The van der Waals surface area contributed by atoms with E-state index in [1.165, 1.54) is 28.0 Å². The van der Waals surface area contributed by atoms with E-state index in [2.05, 4.69) is 228 Å². The molecular weight excluding hydrogens is 700 g/mol. The Morgan fingerprint density at radius 1 is 0.518 bits per heavy atom. The molecule has 0 fully saturated rings. The van der Waals surface area contributed by atoms with Crippen molar-refractivity contribution in [2.75, 3.05) is 9.80 Å². The fourth-order valence-corrected chi connectivity index (χ4v) is 7.75. The molecule has 7 rings (SSSR count). The SMILES string of the molecule is CC1=CC(N(C2=CC=C(C(C)(C)C)C=CC2)c2ccc(C(C)(C)C)cc2)=C(Cl)CC(N(c2cccc(-c3ccccc3)c2)c2cccc(-c3ccccc3)c2)=C1. The Morgan fingerprint density at radius 3 is 1.61 bits per heavy atom. The summed E-state index contributed by atoms with van der Waals surface area (Å²) in [4.78, 5) is 4.76. The minimum Gasteiger partial charge on any atom is -0.314 e. The topological polar surface area (TPSA) is 6.48 Å². The molecule has 3 heteroatoms. The van der Waals surface area contributed by atoms with Gasteiger partial charge in [-0.05, 0) is 111 Å². The fourth-order valence-electron chi connectivity index (χ4n) is 7.47. The summed E-state index contributed by atoms with van der Waals surface area (Å²) in [6.07, 6.45) is 15.0. The molecule has 2 nitrogen and oxygen atoms in total. The van der Waals surface area contributed by atoms with E-state index in [-0.39, 0.29) is 10.8 Å². The number of allylic oxidation sites excluding steroid dienone is 9. The van der Waals surface area contributed by atoms with Gasteiger partial charge in [-0.15, -0.1) is 0 Å². The van der Waals surface area contributed by atoms with Crippen molar-refractivity contribution in [1.29, 1.82) is 0 Å². The van der Waals surface area contributed by atoms with Crippen LogP contribution in [-0.4, -0.2) is 0 Å². The van der Waals surface area contributed by atoms with Gasteiger partial charge in [0.1, 0.15) is 0 Å². The molecule has 0 spiro atoms. The van der Waals surface area contributed by atoms with Gasteiger partial charge in [-0.25, -0.2) is 0 Å². The summed E-state index contributed by atoms with van der Waals surface area (Å²) < 4.78 is 0. The molecule has 0 unspecified atom stereocenters. The van der Waals surface area contributed by atoms with E-state index in [0.717, 1.165) is 56.6 Å². The van der Waals surface area contributed by atoms with E-state index in [4.69, 9.17) is 11.6 Å². The van der Waals surface area contributed by atoms with Crippen molar-refractivity contribution in [2.45, 2.75) is 66.7 Å². The van der Waals surface area contributed by atoms with Gasteiger partial charge in [0.05, 0.1) is 5.70 Å². The zero-order valence-electron chi connectivity index (χ0n) is 33.9. The average Bonchev–Trinajstić information content (AvgIpc) is 3.52. The van der Waals surface area contributed by atoms with Gasteiger partial charge in [0.15, 0.2) is 0 Å². The maximum atomic E-state index is 7.70. The summed E-state index contributed by atoms with van der Waals surface area (Å²) >= 11 is 7.70. The van der Waals surface area contributed by atoms with Gasteiger partial charge in [0.2, 0.25) is 0 Å². The van der Waals surface area contributed by atoms with Crippen molar-refractivity contribution < 1.29 is 0 Å². The van der Waals surface area contributed by atoms with Crippen LogP contribution < -0.4 is 9.80 Å². The lowest BCUT2D eigenvalue weighted by atomic mass is 9.86. The second kappa shape index (κ2) is 16.3. The van der Waals surface area contributed by atoms with Crippen molar-refractivity contribution in [3.8, 4) is 22.3 Å². The molecule has 0 aromatic heterocycles. The maximum absolute atomic E-state index is 7.70. The lowest BCUT2D eigenvalue weighted by Gasteiger charge is -2.31. The zero-order chi connectivity index (χ0) is 39.5. The Hall–Kier alpha value is -5.57. The van der Waals surface area contributed by atoms with Crippen LogP contribution in [0.25, 0.3) is 22.3 Å². The summed E-state index contributed by atoms with van der Waals surface area (Å²) in [5.74, 6) is 0. The van der Waals surface area contributed by atoms with Crippen LogP contribution in [0.2, 0.25) is 0 Å². The Bertz CT molecular complexity index is 2290. The van der Waals surface area contributed by atoms with Gasteiger partial charge < -0.3 is 9.80 Å². The summed E-state index contributed by atoms with van der Waals surface area (Å²) in [5, 5.41) is 0.783. The molecule has 2 aliphatic rings. The number of rotatable bonds is 8. The molecule has 5 aromatic carbocycles. The highest BCUT2D eigenvalue weighted by Gasteiger charge is 2.26. The third kappa shape index (κ3) is 8.77. The highest BCUT2D eigenvalue weighted by molar-refractivity contribution is 6.30. The third-order valence-electron chi connectivity index (χ3n) is 10.5. The highest BCUT2D eigenvalue weighted by Crippen LogP contribution is 2.42. The molecule has 0 aliphatic heterocycles. The second-order valence-electron chi connectivity index (χ2n) is 16.9. The van der Waals surface area contributed by atoms with Crippen LogP contribution in [0.15, 0.2) is 203 Å². The smallest absolute Gasteiger partial charge is 0.0610 e. The first-order chi connectivity index (χ1) is 26.8. The van der Waals surface area contributed by atoms with Gasteiger partial charge in [0.25, 0.3) is 0 Å². The summed E-state index contributed by atoms with van der Waals surface area (Å²) in [6, 6.07) is 47.9. The van der Waals surface area contributed by atoms with Gasteiger partial charge >= 0.3 is 0 Å². The van der Waals surface area contributed by atoms with Crippen LogP contribution >= 0.6 is 11.6 Å². The zero-order valence-corrected chi connectivity index (χ0v) is 34.6. The summed E-state index contributed by atoms with van der Waals surface area (Å²) in [6.45, 7) is 15.8. The van der Waals surface area contributed by atoms with Crippen molar-refractivity contribution in [3.05, 3.63) is 209 Å². The molecule has 2 aliphatic carbocycles. The average molecular weight is 753 g/mol. The van der Waals surface area contributed by atoms with Gasteiger partial charge in [-0.1, -0.05) is 168 Å². The first kappa shape index (κ1) is 38.7. The molecule has 0 heterocycles. The molecule has 0 radical (unpaired) electrons.